The molecule has 2 aromatic heterocycles. The van der Waals surface area contributed by atoms with E-state index < -0.39 is 0 Å². The summed E-state index contributed by atoms with van der Waals surface area (Å²) in [6, 6.07) is 13.6. The highest BCUT2D eigenvalue weighted by atomic mass is 16.5. The number of anilines is 1. The van der Waals surface area contributed by atoms with Gasteiger partial charge in [0.1, 0.15) is 23.7 Å². The molecule has 8 nitrogen and oxygen atoms in total. The van der Waals surface area contributed by atoms with Crippen molar-refractivity contribution in [3.05, 3.63) is 54.2 Å². The van der Waals surface area contributed by atoms with Crippen molar-refractivity contribution in [2.24, 2.45) is 5.73 Å². The van der Waals surface area contributed by atoms with Crippen molar-refractivity contribution >= 4 is 23.3 Å². The summed E-state index contributed by atoms with van der Waals surface area (Å²) in [7, 11) is 0. The first-order valence-corrected chi connectivity index (χ1v) is 11.1. The van der Waals surface area contributed by atoms with Crippen LogP contribution >= 0.6 is 0 Å². The topological polar surface area (TPSA) is 111 Å². The van der Waals surface area contributed by atoms with Gasteiger partial charge in [-0.05, 0) is 44.7 Å². The van der Waals surface area contributed by atoms with Crippen molar-refractivity contribution in [2.75, 3.05) is 18.5 Å². The molecule has 32 heavy (non-hydrogen) atoms. The Labute approximate surface area is 187 Å². The number of ether oxygens (including phenoxy) is 1. The Balaban J connectivity index is 1.61. The Morgan fingerprint density at radius 1 is 1.16 bits per heavy atom. The number of aromatic nitrogens is 2. The van der Waals surface area contributed by atoms with E-state index in [1.54, 1.807) is 25.3 Å². The first-order valence-electron chi connectivity index (χ1n) is 11.1. The molecule has 1 aliphatic rings. The maximum atomic E-state index is 12.8. The minimum atomic E-state index is -0.343. The Kier molecular flexibility index (Phi) is 6.70. The average molecular weight is 436 g/mol. The molecule has 0 radical (unpaired) electrons. The molecule has 0 atom stereocenters. The lowest BCUT2D eigenvalue weighted by Gasteiger charge is -2.26. The third-order valence-corrected chi connectivity index (χ3v) is 5.75. The van der Waals surface area contributed by atoms with Crippen molar-refractivity contribution in [3.8, 4) is 11.3 Å². The van der Waals surface area contributed by atoms with E-state index in [0.29, 0.717) is 29.3 Å². The second-order valence-corrected chi connectivity index (χ2v) is 8.06. The van der Waals surface area contributed by atoms with E-state index >= 15 is 0 Å². The summed E-state index contributed by atoms with van der Waals surface area (Å²) in [4.78, 5) is 29.5. The zero-order valence-corrected chi connectivity index (χ0v) is 18.2. The number of nitrogens with two attached hydrogens (primary N) is 1. The number of pyridine rings is 1. The molecule has 0 spiro atoms. The summed E-state index contributed by atoms with van der Waals surface area (Å²) in [5.74, 6) is 0.218. The molecule has 1 aliphatic carbocycles. The molecule has 2 heterocycles. The van der Waals surface area contributed by atoms with Crippen molar-refractivity contribution in [2.45, 2.75) is 44.7 Å². The quantitative estimate of drug-likeness (QED) is 0.492. The first-order chi connectivity index (χ1) is 15.5. The fourth-order valence-corrected chi connectivity index (χ4v) is 4.05. The Hall–Kier alpha value is -3.39. The molecular weight excluding hydrogens is 406 g/mol. The van der Waals surface area contributed by atoms with Crippen LogP contribution in [0.5, 0.6) is 0 Å². The van der Waals surface area contributed by atoms with E-state index in [0.717, 1.165) is 31.2 Å². The van der Waals surface area contributed by atoms with Crippen LogP contribution < -0.4 is 16.4 Å². The lowest BCUT2D eigenvalue weighted by Crippen LogP contribution is -2.40. The van der Waals surface area contributed by atoms with Crippen molar-refractivity contribution in [1.29, 1.82) is 0 Å². The number of carbonyl (C=O) groups excluding carboxylic acids is 2. The second kappa shape index (κ2) is 9.82. The second-order valence-electron chi connectivity index (χ2n) is 8.06. The predicted octanol–water partition coefficient (Wildman–Crippen LogP) is 2.98. The maximum absolute atomic E-state index is 12.8. The van der Waals surface area contributed by atoms with Gasteiger partial charge < -0.3 is 21.1 Å². The van der Waals surface area contributed by atoms with Crippen LogP contribution in [0, 0.1) is 0 Å². The maximum Gasteiger partial charge on any atom is 0.325 e. The number of fused-ring (bicyclic) bond motifs is 1. The van der Waals surface area contributed by atoms with Crippen LogP contribution in [-0.2, 0) is 9.53 Å². The monoisotopic (exact) mass is 435 g/mol. The molecule has 1 fully saturated rings. The number of nitrogens with one attached hydrogen (secondary N) is 2. The number of carbonyl (C=O) groups is 2. The highest BCUT2D eigenvalue weighted by Gasteiger charge is 2.22. The van der Waals surface area contributed by atoms with Crippen LogP contribution in [-0.4, -0.2) is 46.5 Å². The molecule has 4 rings (SSSR count). The van der Waals surface area contributed by atoms with Crippen LogP contribution in [0.2, 0.25) is 0 Å². The predicted molar refractivity (Wildman–Crippen MR) is 123 cm³/mol. The summed E-state index contributed by atoms with van der Waals surface area (Å²) in [5.41, 5.74) is 8.75. The van der Waals surface area contributed by atoms with E-state index in [-0.39, 0.29) is 30.5 Å². The van der Waals surface area contributed by atoms with Gasteiger partial charge in [0.25, 0.3) is 5.91 Å². The molecule has 1 amide bonds. The Morgan fingerprint density at radius 3 is 2.62 bits per heavy atom. The van der Waals surface area contributed by atoms with Gasteiger partial charge in [0, 0.05) is 29.4 Å². The standard InChI is InChI=1S/C24H29N5O3/c1-2-32-21(30)15-26-23-22(16-6-4-3-5-7-16)28-20-14-17(12-13-29(20)23)24(31)27-19-10-8-18(25)9-11-19/h3-7,12-14,18-19,26H,2,8-11,15,25H2,1H3,(H,27,31). The highest BCUT2D eigenvalue weighted by Crippen LogP contribution is 2.29. The van der Waals surface area contributed by atoms with E-state index in [1.165, 1.54) is 0 Å². The molecule has 3 aromatic rings. The van der Waals surface area contributed by atoms with E-state index in [1.807, 2.05) is 34.7 Å². The third kappa shape index (κ3) is 4.91. The lowest BCUT2D eigenvalue weighted by molar-refractivity contribution is -0.140. The van der Waals surface area contributed by atoms with Gasteiger partial charge in [-0.3, -0.25) is 14.0 Å². The summed E-state index contributed by atoms with van der Waals surface area (Å²) in [6.07, 6.45) is 5.46. The number of amides is 1. The number of nitrogens with zero attached hydrogens (tertiary/aromatic N) is 2. The molecule has 0 saturated heterocycles. The zero-order valence-electron chi connectivity index (χ0n) is 18.2. The van der Waals surface area contributed by atoms with Crippen LogP contribution in [0.15, 0.2) is 48.7 Å². The van der Waals surface area contributed by atoms with Crippen LogP contribution in [0.4, 0.5) is 5.82 Å². The van der Waals surface area contributed by atoms with Gasteiger partial charge in [0.2, 0.25) is 0 Å². The first kappa shape index (κ1) is 21.8. The Morgan fingerprint density at radius 2 is 1.91 bits per heavy atom. The number of hydrogen-bond acceptors (Lipinski definition) is 6. The molecule has 0 unspecified atom stereocenters. The molecule has 8 heteroatoms. The SMILES string of the molecule is CCOC(=O)CNc1c(-c2ccccc2)nc2cc(C(=O)NC3CCC(N)CC3)ccn12. The van der Waals surface area contributed by atoms with Crippen LogP contribution in [0.3, 0.4) is 0 Å². The third-order valence-electron chi connectivity index (χ3n) is 5.75. The fraction of sp³-hybridized carbons (Fsp3) is 0.375. The number of esters is 1. The number of hydrogen-bond donors (Lipinski definition) is 3. The van der Waals surface area contributed by atoms with Crippen molar-refractivity contribution < 1.29 is 14.3 Å². The molecule has 0 bridgehead atoms. The average Bonchev–Trinajstić information content (AvgIpc) is 3.18. The Bertz CT molecular complexity index is 1090. The van der Waals surface area contributed by atoms with Crippen molar-refractivity contribution in [1.82, 2.24) is 14.7 Å². The number of rotatable bonds is 7. The fourth-order valence-electron chi connectivity index (χ4n) is 4.05. The van der Waals surface area contributed by atoms with Gasteiger partial charge >= 0.3 is 5.97 Å². The largest absolute Gasteiger partial charge is 0.465 e. The van der Waals surface area contributed by atoms with Gasteiger partial charge in [-0.1, -0.05) is 30.3 Å². The minimum Gasteiger partial charge on any atom is -0.465 e. The number of benzene rings is 1. The van der Waals surface area contributed by atoms with Crippen LogP contribution in [0.1, 0.15) is 43.0 Å². The van der Waals surface area contributed by atoms with Gasteiger partial charge in [0.15, 0.2) is 0 Å². The van der Waals surface area contributed by atoms with E-state index in [2.05, 4.69) is 10.6 Å². The van der Waals surface area contributed by atoms with E-state index in [9.17, 15) is 9.59 Å². The summed E-state index contributed by atoms with van der Waals surface area (Å²) >= 11 is 0. The minimum absolute atomic E-state index is 0.0214. The van der Waals surface area contributed by atoms with Crippen LogP contribution in [0.25, 0.3) is 16.9 Å². The van der Waals surface area contributed by atoms with Gasteiger partial charge in [-0.25, -0.2) is 4.98 Å². The zero-order chi connectivity index (χ0) is 22.5. The summed E-state index contributed by atoms with van der Waals surface area (Å²) < 4.78 is 6.88. The summed E-state index contributed by atoms with van der Waals surface area (Å²) in [5, 5.41) is 6.27. The highest BCUT2D eigenvalue weighted by molar-refractivity contribution is 5.95. The van der Waals surface area contributed by atoms with Gasteiger partial charge in [0.05, 0.1) is 6.61 Å². The van der Waals surface area contributed by atoms with Gasteiger partial charge in [-0.2, -0.15) is 0 Å². The van der Waals surface area contributed by atoms with Crippen molar-refractivity contribution in [3.63, 3.8) is 0 Å². The molecule has 1 aromatic carbocycles. The molecule has 0 aliphatic heterocycles. The normalized spacial score (nSPS) is 18.3. The summed E-state index contributed by atoms with van der Waals surface area (Å²) in [6.45, 7) is 2.12. The van der Waals surface area contributed by atoms with E-state index in [4.69, 9.17) is 15.5 Å². The smallest absolute Gasteiger partial charge is 0.325 e. The molecular formula is C24H29N5O3. The number of imidazole rings is 1. The molecule has 1 saturated carbocycles. The molecule has 4 N–H and O–H groups in total. The van der Waals surface area contributed by atoms with Gasteiger partial charge in [-0.15, -0.1) is 0 Å². The molecule has 168 valence electrons. The lowest BCUT2D eigenvalue weighted by atomic mass is 9.91.